The van der Waals surface area contributed by atoms with Crippen molar-refractivity contribution in [3.63, 3.8) is 0 Å². The van der Waals surface area contributed by atoms with E-state index in [-0.39, 0.29) is 0 Å². The zero-order valence-corrected chi connectivity index (χ0v) is 5.80. The predicted molar refractivity (Wildman–Crippen MR) is 35.5 cm³/mol. The van der Waals surface area contributed by atoms with E-state index in [2.05, 4.69) is 0 Å². The number of aliphatic hydroxyl groups is 2. The van der Waals surface area contributed by atoms with Crippen LogP contribution in [0.2, 0.25) is 0 Å². The average Bonchev–Trinajstić information content (AvgIpc) is 1.62. The molecule has 0 unspecified atom stereocenters. The number of rotatable bonds is 2. The van der Waals surface area contributed by atoms with Gasteiger partial charge < -0.3 is 25.3 Å². The van der Waals surface area contributed by atoms with Crippen molar-refractivity contribution in [3.8, 4) is 0 Å². The molecule has 0 aliphatic heterocycles. The lowest BCUT2D eigenvalue weighted by Crippen LogP contribution is -2.07. The van der Waals surface area contributed by atoms with Crippen molar-refractivity contribution in [1.82, 2.24) is 0 Å². The highest BCUT2D eigenvalue weighted by Gasteiger charge is 1.92. The number of hydrogen-bond acceptors (Lipinski definition) is 5. The van der Waals surface area contributed by atoms with Crippen molar-refractivity contribution in [1.29, 1.82) is 0 Å². The second-order valence-corrected chi connectivity index (χ2v) is 1.62. The van der Waals surface area contributed by atoms with E-state index < -0.39 is 13.6 Å². The first kappa shape index (κ1) is 12.5. The summed E-state index contributed by atoms with van der Waals surface area (Å²) in [5.74, 6) is 0. The summed E-state index contributed by atoms with van der Waals surface area (Å²) in [5, 5.41) is 37.7. The Kier molecular flexibility index (Phi) is 11.1. The highest BCUT2D eigenvalue weighted by Crippen LogP contribution is 1.88. The van der Waals surface area contributed by atoms with Crippen LogP contribution in [0.3, 0.4) is 0 Å². The van der Waals surface area contributed by atoms with Crippen LogP contribution >= 0.6 is 0 Å². The first-order chi connectivity index (χ1) is 4.50. The molecule has 5 nitrogen and oxygen atoms in total. The van der Waals surface area contributed by atoms with Gasteiger partial charge in [0.05, 0.1) is 0 Å². The van der Waals surface area contributed by atoms with Gasteiger partial charge in [-0.3, -0.25) is 0 Å². The molecule has 0 atom stereocenters. The fraction of sp³-hybridized carbons (Fsp3) is 1.00. The zero-order valence-electron chi connectivity index (χ0n) is 5.80. The smallest absolute Gasteiger partial charge is 0.402 e. The van der Waals surface area contributed by atoms with E-state index in [0.29, 0.717) is 6.42 Å². The van der Waals surface area contributed by atoms with Gasteiger partial charge in [0.2, 0.25) is 0 Å². The highest BCUT2D eigenvalue weighted by molar-refractivity contribution is 6.30. The highest BCUT2D eigenvalue weighted by atomic mass is 16.5. The Bertz CT molecular complexity index is 54.9. The molecule has 0 fully saturated rings. The third kappa shape index (κ3) is 45.2. The van der Waals surface area contributed by atoms with Gasteiger partial charge in [-0.2, -0.15) is 0 Å². The van der Waals surface area contributed by atoms with Gasteiger partial charge in [0.15, 0.2) is 6.29 Å². The van der Waals surface area contributed by atoms with Crippen LogP contribution in [0.15, 0.2) is 0 Å². The van der Waals surface area contributed by atoms with Crippen LogP contribution in [0.1, 0.15) is 19.8 Å². The summed E-state index contributed by atoms with van der Waals surface area (Å²) in [6.45, 7) is 1.90. The topological polar surface area (TPSA) is 101 Å². The summed E-state index contributed by atoms with van der Waals surface area (Å²) in [6.07, 6.45) is 0.215. The van der Waals surface area contributed by atoms with E-state index in [4.69, 9.17) is 25.3 Å². The van der Waals surface area contributed by atoms with E-state index >= 15 is 0 Å². The molecule has 5 N–H and O–H groups in total. The lowest BCUT2D eigenvalue weighted by Gasteiger charge is -1.94. The van der Waals surface area contributed by atoms with Gasteiger partial charge in [0.1, 0.15) is 0 Å². The molecule has 6 heteroatoms. The molecule has 0 aromatic rings. The van der Waals surface area contributed by atoms with Crippen LogP contribution < -0.4 is 0 Å². The molecular formula is C4H13BO5. The Morgan fingerprint density at radius 2 is 1.50 bits per heavy atom. The van der Waals surface area contributed by atoms with Gasteiger partial charge in [-0.25, -0.2) is 0 Å². The third-order valence-corrected chi connectivity index (χ3v) is 0.547. The molecule has 0 saturated carbocycles. The fourth-order valence-electron chi connectivity index (χ4n) is 0.258. The summed E-state index contributed by atoms with van der Waals surface area (Å²) in [7, 11) is -2.17. The number of hydrogen-bond donors (Lipinski definition) is 5. The zero-order chi connectivity index (χ0) is 8.57. The Hall–Kier alpha value is -0.135. The summed E-state index contributed by atoms with van der Waals surface area (Å²) in [5.41, 5.74) is 0. The maximum absolute atomic E-state index is 8.11. The second-order valence-electron chi connectivity index (χ2n) is 1.62. The Morgan fingerprint density at radius 1 is 1.20 bits per heavy atom. The van der Waals surface area contributed by atoms with Crippen LogP contribution in [-0.4, -0.2) is 38.9 Å². The van der Waals surface area contributed by atoms with Crippen LogP contribution in [0, 0.1) is 0 Å². The van der Waals surface area contributed by atoms with Crippen LogP contribution in [0.4, 0.5) is 0 Å². The lowest BCUT2D eigenvalue weighted by molar-refractivity contribution is -0.0453. The molecule has 0 bridgehead atoms. The average molecular weight is 152 g/mol. The van der Waals surface area contributed by atoms with Crippen LogP contribution in [0.25, 0.3) is 0 Å². The van der Waals surface area contributed by atoms with Crippen molar-refractivity contribution >= 4 is 7.32 Å². The Labute approximate surface area is 59.7 Å². The Balaban J connectivity index is 0. The summed E-state index contributed by atoms with van der Waals surface area (Å²) in [6, 6.07) is 0. The largest absolute Gasteiger partial charge is 0.631 e. The monoisotopic (exact) mass is 152 g/mol. The SMILES string of the molecule is CCCC(O)O.OB(O)O. The van der Waals surface area contributed by atoms with Crippen molar-refractivity contribution in [2.45, 2.75) is 26.1 Å². The summed E-state index contributed by atoms with van der Waals surface area (Å²) in [4.78, 5) is 0. The fourth-order valence-corrected chi connectivity index (χ4v) is 0.258. The molecule has 0 saturated heterocycles. The van der Waals surface area contributed by atoms with E-state index in [1.54, 1.807) is 0 Å². The minimum Gasteiger partial charge on any atom is -0.402 e. The maximum atomic E-state index is 8.11. The summed E-state index contributed by atoms with van der Waals surface area (Å²) >= 11 is 0. The molecule has 0 rings (SSSR count). The standard InChI is InChI=1S/C4H10O2.BH3O3/c1-2-3-4(5)6;2-1(3)4/h4-6H,2-3H2,1H3;2-4H. The van der Waals surface area contributed by atoms with E-state index in [1.165, 1.54) is 0 Å². The van der Waals surface area contributed by atoms with Gasteiger partial charge in [0.25, 0.3) is 0 Å². The molecule has 0 spiro atoms. The molecule has 0 radical (unpaired) electrons. The van der Waals surface area contributed by atoms with E-state index in [1.807, 2.05) is 6.92 Å². The van der Waals surface area contributed by atoms with E-state index in [9.17, 15) is 0 Å². The quantitative estimate of drug-likeness (QED) is 0.233. The van der Waals surface area contributed by atoms with Gasteiger partial charge in [-0.15, -0.1) is 0 Å². The molecule has 0 aliphatic rings. The minimum atomic E-state index is -2.17. The number of aliphatic hydroxyl groups excluding tert-OH is 1. The predicted octanol–water partition coefficient (Wildman–Crippen LogP) is -1.95. The van der Waals surface area contributed by atoms with E-state index in [0.717, 1.165) is 6.42 Å². The van der Waals surface area contributed by atoms with Gasteiger partial charge in [0, 0.05) is 0 Å². The van der Waals surface area contributed by atoms with Crippen LogP contribution in [0.5, 0.6) is 0 Å². The third-order valence-electron chi connectivity index (χ3n) is 0.547. The van der Waals surface area contributed by atoms with Crippen LogP contribution in [-0.2, 0) is 0 Å². The lowest BCUT2D eigenvalue weighted by atomic mass is 10.3. The molecule has 62 valence electrons. The van der Waals surface area contributed by atoms with Crippen molar-refractivity contribution in [3.05, 3.63) is 0 Å². The Morgan fingerprint density at radius 3 is 1.50 bits per heavy atom. The molecular weight excluding hydrogens is 139 g/mol. The second kappa shape index (κ2) is 8.86. The van der Waals surface area contributed by atoms with Gasteiger partial charge in [-0.1, -0.05) is 13.3 Å². The maximum Gasteiger partial charge on any atom is 0.631 e. The molecule has 0 aliphatic carbocycles. The molecule has 0 aromatic carbocycles. The van der Waals surface area contributed by atoms with Crippen molar-refractivity contribution in [2.24, 2.45) is 0 Å². The van der Waals surface area contributed by atoms with Crippen molar-refractivity contribution in [2.75, 3.05) is 0 Å². The minimum absolute atomic E-state index is 0.486. The van der Waals surface area contributed by atoms with Crippen molar-refractivity contribution < 1.29 is 25.3 Å². The molecule has 0 amide bonds. The normalized spacial score (nSPS) is 8.70. The molecule has 0 aromatic heterocycles. The first-order valence-corrected chi connectivity index (χ1v) is 2.91. The molecule has 10 heavy (non-hydrogen) atoms. The van der Waals surface area contributed by atoms with Gasteiger partial charge >= 0.3 is 7.32 Å². The van der Waals surface area contributed by atoms with Gasteiger partial charge in [-0.05, 0) is 6.42 Å². The molecule has 0 heterocycles. The first-order valence-electron chi connectivity index (χ1n) is 2.91. The summed E-state index contributed by atoms with van der Waals surface area (Å²) < 4.78 is 0.